The van der Waals surface area contributed by atoms with Crippen LogP contribution in [0.5, 0.6) is 0 Å². The third-order valence-electron chi connectivity index (χ3n) is 5.29. The Morgan fingerprint density at radius 2 is 1.62 bits per heavy atom. The zero-order chi connectivity index (χ0) is 15.1. The summed E-state index contributed by atoms with van der Waals surface area (Å²) in [7, 11) is 0. The predicted molar refractivity (Wildman–Crippen MR) is 88.3 cm³/mol. The molecule has 2 bridgehead atoms. The highest BCUT2D eigenvalue weighted by Gasteiger charge is 2.36. The maximum atomic E-state index is 12.5. The SMILES string of the molecule is CCCCCCCCC(=O)N(CC)C1CC2CCC(C1)N2. The summed E-state index contributed by atoms with van der Waals surface area (Å²) in [5.74, 6) is 0.402. The van der Waals surface area contributed by atoms with Gasteiger partial charge in [0.25, 0.3) is 0 Å². The van der Waals surface area contributed by atoms with Gasteiger partial charge in [-0.2, -0.15) is 0 Å². The standard InChI is InChI=1S/C18H34N2O/c1-3-5-6-7-8-9-10-18(21)20(4-2)17-13-15-11-12-16(14-17)19-15/h15-17,19H,3-14H2,1-2H3. The van der Waals surface area contributed by atoms with Crippen LogP contribution in [0.15, 0.2) is 0 Å². The number of rotatable bonds is 9. The molecule has 0 aromatic heterocycles. The Balaban J connectivity index is 1.69. The first-order valence-electron chi connectivity index (χ1n) is 9.30. The van der Waals surface area contributed by atoms with Gasteiger partial charge in [-0.25, -0.2) is 0 Å². The molecule has 2 rings (SSSR count). The van der Waals surface area contributed by atoms with Crippen LogP contribution < -0.4 is 5.32 Å². The minimum atomic E-state index is 0.402. The van der Waals surface area contributed by atoms with Gasteiger partial charge in [0.05, 0.1) is 0 Å². The molecule has 122 valence electrons. The molecule has 0 aliphatic carbocycles. The Morgan fingerprint density at radius 3 is 2.24 bits per heavy atom. The second-order valence-corrected chi connectivity index (χ2v) is 6.96. The first kappa shape index (κ1) is 16.8. The molecule has 2 aliphatic rings. The predicted octanol–water partition coefficient (Wildman–Crippen LogP) is 3.87. The van der Waals surface area contributed by atoms with Crippen LogP contribution in [0.4, 0.5) is 0 Å². The highest BCUT2D eigenvalue weighted by Crippen LogP contribution is 2.30. The molecule has 2 unspecified atom stereocenters. The van der Waals surface area contributed by atoms with Crippen molar-refractivity contribution in [2.75, 3.05) is 6.54 Å². The minimum Gasteiger partial charge on any atom is -0.340 e. The van der Waals surface area contributed by atoms with Crippen molar-refractivity contribution in [2.45, 2.75) is 103 Å². The second kappa shape index (κ2) is 8.77. The first-order valence-corrected chi connectivity index (χ1v) is 9.30. The van der Waals surface area contributed by atoms with Crippen molar-refractivity contribution in [3.05, 3.63) is 0 Å². The fraction of sp³-hybridized carbons (Fsp3) is 0.944. The van der Waals surface area contributed by atoms with E-state index in [0.717, 1.165) is 19.4 Å². The van der Waals surface area contributed by atoms with Crippen molar-refractivity contribution < 1.29 is 4.79 Å². The largest absolute Gasteiger partial charge is 0.340 e. The lowest BCUT2D eigenvalue weighted by Crippen LogP contribution is -2.50. The number of fused-ring (bicyclic) bond motifs is 2. The third-order valence-corrected chi connectivity index (χ3v) is 5.29. The molecule has 0 saturated carbocycles. The van der Waals surface area contributed by atoms with Gasteiger partial charge in [-0.05, 0) is 39.0 Å². The van der Waals surface area contributed by atoms with Gasteiger partial charge in [0.15, 0.2) is 0 Å². The number of carbonyl (C=O) groups excluding carboxylic acids is 1. The summed E-state index contributed by atoms with van der Waals surface area (Å²) >= 11 is 0. The monoisotopic (exact) mass is 294 g/mol. The molecule has 2 heterocycles. The molecule has 2 aliphatic heterocycles. The third kappa shape index (κ3) is 4.98. The lowest BCUT2D eigenvalue weighted by molar-refractivity contribution is -0.134. The van der Waals surface area contributed by atoms with Crippen LogP contribution in [0, 0.1) is 0 Å². The summed E-state index contributed by atoms with van der Waals surface area (Å²) in [5.41, 5.74) is 0. The number of nitrogens with one attached hydrogen (secondary N) is 1. The molecule has 21 heavy (non-hydrogen) atoms. The number of piperidine rings is 1. The molecular weight excluding hydrogens is 260 g/mol. The molecule has 2 fully saturated rings. The Labute approximate surface area is 130 Å². The van der Waals surface area contributed by atoms with Crippen molar-refractivity contribution in [1.82, 2.24) is 10.2 Å². The Hall–Kier alpha value is -0.570. The molecular formula is C18H34N2O. The molecule has 0 aromatic carbocycles. The van der Waals surface area contributed by atoms with Crippen LogP contribution in [0.3, 0.4) is 0 Å². The number of hydrogen-bond acceptors (Lipinski definition) is 2. The van der Waals surface area contributed by atoms with Crippen LogP contribution in [-0.2, 0) is 4.79 Å². The van der Waals surface area contributed by atoms with Crippen LogP contribution in [0.1, 0.15) is 84.5 Å². The van der Waals surface area contributed by atoms with Gasteiger partial charge in [0.1, 0.15) is 0 Å². The summed E-state index contributed by atoms with van der Waals surface area (Å²) in [4.78, 5) is 14.7. The van der Waals surface area contributed by atoms with E-state index in [1.54, 1.807) is 0 Å². The Bertz CT molecular complexity index is 306. The molecule has 1 N–H and O–H groups in total. The summed E-state index contributed by atoms with van der Waals surface area (Å²) in [5, 5.41) is 3.67. The maximum absolute atomic E-state index is 12.5. The van der Waals surface area contributed by atoms with E-state index in [1.807, 2.05) is 0 Å². The number of nitrogens with zero attached hydrogens (tertiary/aromatic N) is 1. The zero-order valence-corrected chi connectivity index (χ0v) is 14.1. The molecule has 0 aromatic rings. The van der Waals surface area contributed by atoms with E-state index >= 15 is 0 Å². The van der Waals surface area contributed by atoms with E-state index in [9.17, 15) is 4.79 Å². The topological polar surface area (TPSA) is 32.3 Å². The van der Waals surface area contributed by atoms with Crippen molar-refractivity contribution in [3.8, 4) is 0 Å². The van der Waals surface area contributed by atoms with Crippen molar-refractivity contribution in [1.29, 1.82) is 0 Å². The van der Waals surface area contributed by atoms with E-state index in [4.69, 9.17) is 0 Å². The fourth-order valence-corrected chi connectivity index (χ4v) is 4.12. The van der Waals surface area contributed by atoms with Gasteiger partial charge in [0, 0.05) is 31.1 Å². The maximum Gasteiger partial charge on any atom is 0.222 e. The molecule has 3 nitrogen and oxygen atoms in total. The normalized spacial score (nSPS) is 27.8. The Morgan fingerprint density at radius 1 is 1.00 bits per heavy atom. The fourth-order valence-electron chi connectivity index (χ4n) is 4.12. The van der Waals surface area contributed by atoms with Crippen LogP contribution in [0.25, 0.3) is 0 Å². The van der Waals surface area contributed by atoms with Gasteiger partial charge >= 0.3 is 0 Å². The first-order chi connectivity index (χ1) is 10.2. The summed E-state index contributed by atoms with van der Waals surface area (Å²) < 4.78 is 0. The molecule has 0 radical (unpaired) electrons. The lowest BCUT2D eigenvalue weighted by Gasteiger charge is -2.37. The zero-order valence-electron chi connectivity index (χ0n) is 14.1. The molecule has 0 spiro atoms. The molecule has 3 heteroatoms. The summed E-state index contributed by atoms with van der Waals surface area (Å²) in [6.07, 6.45) is 13.3. The molecule has 1 amide bonds. The van der Waals surface area contributed by atoms with E-state index in [0.29, 0.717) is 24.0 Å². The summed E-state index contributed by atoms with van der Waals surface area (Å²) in [6.45, 7) is 5.27. The average Bonchev–Trinajstić information content (AvgIpc) is 2.82. The van der Waals surface area contributed by atoms with E-state index in [2.05, 4.69) is 24.1 Å². The molecule has 2 saturated heterocycles. The van der Waals surface area contributed by atoms with Gasteiger partial charge in [-0.3, -0.25) is 4.79 Å². The van der Waals surface area contributed by atoms with Crippen LogP contribution in [-0.4, -0.2) is 35.5 Å². The van der Waals surface area contributed by atoms with Crippen molar-refractivity contribution in [2.24, 2.45) is 0 Å². The van der Waals surface area contributed by atoms with Crippen LogP contribution >= 0.6 is 0 Å². The van der Waals surface area contributed by atoms with E-state index < -0.39 is 0 Å². The lowest BCUT2D eigenvalue weighted by atomic mass is 9.97. The van der Waals surface area contributed by atoms with Crippen molar-refractivity contribution >= 4 is 5.91 Å². The highest BCUT2D eigenvalue weighted by atomic mass is 16.2. The van der Waals surface area contributed by atoms with Gasteiger partial charge < -0.3 is 10.2 Å². The van der Waals surface area contributed by atoms with Gasteiger partial charge in [0.2, 0.25) is 5.91 Å². The van der Waals surface area contributed by atoms with Crippen molar-refractivity contribution in [3.63, 3.8) is 0 Å². The highest BCUT2D eigenvalue weighted by molar-refractivity contribution is 5.76. The quantitative estimate of drug-likeness (QED) is 0.655. The van der Waals surface area contributed by atoms with Gasteiger partial charge in [-0.15, -0.1) is 0 Å². The second-order valence-electron chi connectivity index (χ2n) is 6.96. The number of carbonyl (C=O) groups is 1. The summed E-state index contributed by atoms with van der Waals surface area (Å²) in [6, 6.07) is 1.84. The average molecular weight is 294 g/mol. The number of unbranched alkanes of at least 4 members (excludes halogenated alkanes) is 5. The number of hydrogen-bond donors (Lipinski definition) is 1. The van der Waals surface area contributed by atoms with E-state index in [-0.39, 0.29) is 0 Å². The van der Waals surface area contributed by atoms with Crippen LogP contribution in [0.2, 0.25) is 0 Å². The smallest absolute Gasteiger partial charge is 0.222 e. The Kier molecular flexibility index (Phi) is 7.01. The minimum absolute atomic E-state index is 0.402. The van der Waals surface area contributed by atoms with E-state index in [1.165, 1.54) is 57.8 Å². The number of amides is 1. The molecule has 2 atom stereocenters. The van der Waals surface area contributed by atoms with Gasteiger partial charge in [-0.1, -0.05) is 39.0 Å².